The van der Waals surface area contributed by atoms with Crippen LogP contribution in [-0.2, 0) is 14.3 Å². The van der Waals surface area contributed by atoms with Gasteiger partial charge in [-0.15, -0.1) is 0 Å². The summed E-state index contributed by atoms with van der Waals surface area (Å²) in [4.78, 5) is 32.6. The van der Waals surface area contributed by atoms with Crippen LogP contribution < -0.4 is 10.1 Å². The first-order valence-electron chi connectivity index (χ1n) is 5.58. The molecule has 0 rings (SSSR count). The number of hydrogen-bond donors (Lipinski definition) is 1. The summed E-state index contributed by atoms with van der Waals surface area (Å²) in [7, 11) is -0.363. The summed E-state index contributed by atoms with van der Waals surface area (Å²) >= 11 is 0. The van der Waals surface area contributed by atoms with Crippen LogP contribution in [0.3, 0.4) is 0 Å². The predicted molar refractivity (Wildman–Crippen MR) is 60.4 cm³/mol. The van der Waals surface area contributed by atoms with Crippen molar-refractivity contribution in [3.63, 3.8) is 0 Å². The lowest BCUT2D eigenvalue weighted by Crippen LogP contribution is -2.33. The number of ether oxygens (including phenoxy) is 2. The van der Waals surface area contributed by atoms with Crippen molar-refractivity contribution >= 4 is 21.8 Å². The fourth-order valence-electron chi connectivity index (χ4n) is 0.921. The maximum atomic E-state index is 11.2. The summed E-state index contributed by atoms with van der Waals surface area (Å²) in [5.41, 5.74) is 0. The Hall–Kier alpha value is -1.08. The highest BCUT2D eigenvalue weighted by Gasteiger charge is 2.18. The molecule has 1 unspecified atom stereocenters. The van der Waals surface area contributed by atoms with Crippen molar-refractivity contribution in [2.75, 3.05) is 13.2 Å². The van der Waals surface area contributed by atoms with Gasteiger partial charge in [-0.2, -0.15) is 0 Å². The van der Waals surface area contributed by atoms with Crippen LogP contribution in [0.4, 0.5) is 4.79 Å². The number of alkyl carbamates (subject to hydrolysis) is 1. The fourth-order valence-corrected chi connectivity index (χ4v) is 1.24. The molecule has 0 heterocycles. The van der Waals surface area contributed by atoms with Gasteiger partial charge in [0.1, 0.15) is 0 Å². The molecule has 0 bridgehead atoms. The highest BCUT2D eigenvalue weighted by Crippen LogP contribution is 1.96. The first-order valence-corrected chi connectivity index (χ1v) is 6.69. The van der Waals surface area contributed by atoms with Gasteiger partial charge in [-0.1, -0.05) is 22.7 Å². The molecule has 0 aromatic carbocycles. The van der Waals surface area contributed by atoms with Gasteiger partial charge in [-0.25, -0.2) is 9.59 Å². The van der Waals surface area contributed by atoms with E-state index in [2.05, 4.69) is 5.32 Å². The first-order chi connectivity index (χ1) is 8.11. The molecule has 6 nitrogen and oxygen atoms in total. The number of esters is 1. The number of carbonyl (C=O) groups excluding carboxylic acids is 2. The third kappa shape index (κ3) is 8.70. The average molecular weight is 260 g/mol. The van der Waals surface area contributed by atoms with E-state index in [0.29, 0.717) is 25.6 Å². The van der Waals surface area contributed by atoms with E-state index in [4.69, 9.17) is 9.47 Å². The van der Waals surface area contributed by atoms with Gasteiger partial charge in [0.2, 0.25) is 0 Å². The molecule has 2 radical (unpaired) electrons. The molecule has 0 aromatic rings. The van der Waals surface area contributed by atoms with Crippen LogP contribution in [-0.4, -0.2) is 41.1 Å². The van der Waals surface area contributed by atoms with Crippen molar-refractivity contribution < 1.29 is 23.9 Å². The summed E-state index contributed by atoms with van der Waals surface area (Å²) in [5, 5.41) is 2.46. The van der Waals surface area contributed by atoms with Crippen LogP contribution in [0.25, 0.3) is 0 Å². The summed E-state index contributed by atoms with van der Waals surface area (Å²) in [6, 6.07) is 0.536. The Bertz CT molecular complexity index is 237. The van der Waals surface area contributed by atoms with Crippen molar-refractivity contribution in [1.29, 1.82) is 0 Å². The molecule has 0 aliphatic heterocycles. The lowest BCUT2D eigenvalue weighted by molar-refractivity contribution is -0.181. The molecule has 0 aliphatic rings. The van der Waals surface area contributed by atoms with Crippen molar-refractivity contribution in [3.05, 3.63) is 0 Å². The Balaban J connectivity index is 3.67. The Kier molecular flexibility index (Phi) is 9.45. The Morgan fingerprint density at radius 2 is 2.18 bits per heavy atom. The highest BCUT2D eigenvalue weighted by atomic mass is 28.2. The summed E-state index contributed by atoms with van der Waals surface area (Å²) < 4.78 is 9.60. The van der Waals surface area contributed by atoms with Gasteiger partial charge < -0.3 is 19.6 Å². The van der Waals surface area contributed by atoms with Gasteiger partial charge in [0.15, 0.2) is 6.10 Å². The van der Waals surface area contributed by atoms with Gasteiger partial charge >= 0.3 is 12.1 Å². The maximum Gasteiger partial charge on any atom is 0.407 e. The SMILES string of the molecule is CCCOC(=O)C(C)OC(=O)NCCC[Si][O-]. The van der Waals surface area contributed by atoms with Crippen LogP contribution >= 0.6 is 0 Å². The van der Waals surface area contributed by atoms with Gasteiger partial charge in [-0.3, -0.25) is 0 Å². The molecule has 1 atom stereocenters. The summed E-state index contributed by atoms with van der Waals surface area (Å²) in [6.45, 7) is 4.03. The number of amides is 1. The number of carbonyl (C=O) groups is 2. The zero-order valence-electron chi connectivity index (χ0n) is 10.2. The van der Waals surface area contributed by atoms with E-state index in [1.165, 1.54) is 6.92 Å². The number of rotatable bonds is 8. The zero-order chi connectivity index (χ0) is 13.1. The van der Waals surface area contributed by atoms with E-state index in [9.17, 15) is 14.4 Å². The second-order valence-electron chi connectivity index (χ2n) is 3.39. The molecule has 1 N–H and O–H groups in total. The molecule has 0 spiro atoms. The second kappa shape index (κ2) is 10.1. The molecule has 0 aromatic heterocycles. The predicted octanol–water partition coefficient (Wildman–Crippen LogP) is -0.158. The molecule has 1 amide bonds. The minimum absolute atomic E-state index is 0.318. The molecule has 17 heavy (non-hydrogen) atoms. The Morgan fingerprint density at radius 1 is 1.47 bits per heavy atom. The van der Waals surface area contributed by atoms with Gasteiger partial charge in [0, 0.05) is 6.54 Å². The molecular weight excluding hydrogens is 242 g/mol. The molecule has 0 fully saturated rings. The lowest BCUT2D eigenvalue weighted by Gasteiger charge is -2.13. The van der Waals surface area contributed by atoms with Crippen LogP contribution in [0.1, 0.15) is 26.7 Å². The molecule has 98 valence electrons. The largest absolute Gasteiger partial charge is 0.863 e. The minimum atomic E-state index is -0.914. The standard InChI is InChI=1S/C10H18NO5Si/c1-3-6-15-9(12)8(2)16-10(13)11-5-4-7-17-14/h8H,3-7H2,1-2H3,(H,11,13)/q-1. The van der Waals surface area contributed by atoms with Crippen molar-refractivity contribution in [2.45, 2.75) is 38.8 Å². The number of nitrogens with one attached hydrogen (secondary N) is 1. The van der Waals surface area contributed by atoms with Crippen LogP contribution in [0, 0.1) is 0 Å². The lowest BCUT2D eigenvalue weighted by atomic mass is 10.4. The molecule has 7 heteroatoms. The van der Waals surface area contributed by atoms with Crippen LogP contribution in [0.2, 0.25) is 6.04 Å². The van der Waals surface area contributed by atoms with E-state index in [1.807, 2.05) is 6.92 Å². The normalized spacial score (nSPS) is 11.7. The van der Waals surface area contributed by atoms with Gasteiger partial charge in [0.25, 0.3) is 0 Å². The van der Waals surface area contributed by atoms with E-state index in [0.717, 1.165) is 6.42 Å². The Morgan fingerprint density at radius 3 is 2.76 bits per heavy atom. The van der Waals surface area contributed by atoms with Crippen LogP contribution in [0.5, 0.6) is 0 Å². The third-order valence-electron chi connectivity index (χ3n) is 1.79. The third-order valence-corrected chi connectivity index (χ3v) is 2.35. The van der Waals surface area contributed by atoms with Crippen molar-refractivity contribution in [1.82, 2.24) is 5.32 Å². The number of hydrogen-bond acceptors (Lipinski definition) is 5. The fraction of sp³-hybridized carbons (Fsp3) is 0.800. The van der Waals surface area contributed by atoms with Gasteiger partial charge in [0.05, 0.1) is 6.61 Å². The quantitative estimate of drug-likeness (QED) is 0.372. The molecule has 0 aliphatic carbocycles. The van der Waals surface area contributed by atoms with E-state index in [1.54, 1.807) is 0 Å². The second-order valence-corrected chi connectivity index (χ2v) is 4.18. The topological polar surface area (TPSA) is 87.7 Å². The van der Waals surface area contributed by atoms with Crippen molar-refractivity contribution in [3.8, 4) is 0 Å². The summed E-state index contributed by atoms with van der Waals surface area (Å²) in [6.07, 6.45) is -0.241. The molecule has 0 saturated carbocycles. The van der Waals surface area contributed by atoms with Crippen molar-refractivity contribution in [2.24, 2.45) is 0 Å². The minimum Gasteiger partial charge on any atom is -0.863 e. The van der Waals surface area contributed by atoms with E-state index >= 15 is 0 Å². The monoisotopic (exact) mass is 260 g/mol. The zero-order valence-corrected chi connectivity index (χ0v) is 11.2. The van der Waals surface area contributed by atoms with Gasteiger partial charge in [-0.05, 0) is 19.8 Å². The molecular formula is C10H18NO5Si-. The first kappa shape index (κ1) is 15.9. The van der Waals surface area contributed by atoms with E-state index in [-0.39, 0.29) is 9.76 Å². The maximum absolute atomic E-state index is 11.2. The Labute approximate surface area is 104 Å². The smallest absolute Gasteiger partial charge is 0.407 e. The molecule has 0 saturated heterocycles. The van der Waals surface area contributed by atoms with E-state index < -0.39 is 18.2 Å². The highest BCUT2D eigenvalue weighted by molar-refractivity contribution is 6.22. The van der Waals surface area contributed by atoms with Crippen LogP contribution in [0.15, 0.2) is 0 Å². The summed E-state index contributed by atoms with van der Waals surface area (Å²) in [5.74, 6) is -0.553. The average Bonchev–Trinajstić information content (AvgIpc) is 2.31.